The quantitative estimate of drug-likeness (QED) is 0.605. The molecule has 0 spiro atoms. The zero-order chi connectivity index (χ0) is 15.9. The van der Waals surface area contributed by atoms with Crippen LogP contribution in [0.25, 0.3) is 0 Å². The van der Waals surface area contributed by atoms with E-state index < -0.39 is 10.8 Å². The van der Waals surface area contributed by atoms with Crippen LogP contribution < -0.4 is 0 Å². The Hall–Kier alpha value is -2.77. The molecule has 0 saturated heterocycles. The molecule has 22 heavy (non-hydrogen) atoms. The minimum Gasteiger partial charge on any atom is -0.264 e. The van der Waals surface area contributed by atoms with Crippen LogP contribution in [0.3, 0.4) is 0 Å². The Morgan fingerprint density at radius 3 is 2.32 bits per heavy atom. The molecule has 0 aliphatic carbocycles. The minimum absolute atomic E-state index is 0.00675. The largest absolute Gasteiger partial charge is 0.303 e. The van der Waals surface area contributed by atoms with Crippen molar-refractivity contribution in [3.8, 4) is 0 Å². The second-order valence-electron chi connectivity index (χ2n) is 4.31. The standard InChI is InChI=1S/C15H14N2O5/c1-21-17(15(18)13-5-3-2-4-6-13)22-11-12-7-9-14(10-8-12)16(19)20/h2-10H,11H2,1H3. The molecule has 114 valence electrons. The van der Waals surface area contributed by atoms with Crippen LogP contribution in [0.5, 0.6) is 0 Å². The summed E-state index contributed by atoms with van der Waals surface area (Å²) >= 11 is 0. The molecule has 2 aromatic rings. The molecule has 0 fully saturated rings. The van der Waals surface area contributed by atoms with Crippen LogP contribution in [-0.2, 0) is 16.3 Å². The van der Waals surface area contributed by atoms with E-state index in [2.05, 4.69) is 0 Å². The number of hydrogen-bond donors (Lipinski definition) is 0. The van der Waals surface area contributed by atoms with Crippen LogP contribution in [0, 0.1) is 10.1 Å². The van der Waals surface area contributed by atoms with E-state index in [9.17, 15) is 14.9 Å². The van der Waals surface area contributed by atoms with Gasteiger partial charge in [-0.1, -0.05) is 23.4 Å². The third-order valence-corrected chi connectivity index (χ3v) is 2.85. The maximum atomic E-state index is 12.1. The monoisotopic (exact) mass is 302 g/mol. The van der Waals surface area contributed by atoms with Gasteiger partial charge in [-0.2, -0.15) is 0 Å². The lowest BCUT2D eigenvalue weighted by molar-refractivity contribution is -0.384. The van der Waals surface area contributed by atoms with Crippen molar-refractivity contribution < 1.29 is 19.4 Å². The normalized spacial score (nSPS) is 10.2. The van der Waals surface area contributed by atoms with Crippen LogP contribution in [0.1, 0.15) is 15.9 Å². The number of nitrogens with zero attached hydrogens (tertiary/aromatic N) is 2. The van der Waals surface area contributed by atoms with Crippen molar-refractivity contribution in [2.75, 3.05) is 7.11 Å². The number of hydrogen-bond acceptors (Lipinski definition) is 5. The van der Waals surface area contributed by atoms with E-state index in [4.69, 9.17) is 9.68 Å². The van der Waals surface area contributed by atoms with Crippen molar-refractivity contribution in [3.63, 3.8) is 0 Å². The molecule has 0 aliphatic rings. The molecule has 0 N–H and O–H groups in total. The van der Waals surface area contributed by atoms with Crippen molar-refractivity contribution in [1.82, 2.24) is 5.23 Å². The van der Waals surface area contributed by atoms with Gasteiger partial charge in [-0.15, -0.1) is 0 Å². The van der Waals surface area contributed by atoms with Crippen molar-refractivity contribution in [1.29, 1.82) is 0 Å². The Morgan fingerprint density at radius 1 is 1.14 bits per heavy atom. The number of non-ortho nitro benzene ring substituents is 1. The van der Waals surface area contributed by atoms with Gasteiger partial charge < -0.3 is 0 Å². The first-order valence-electron chi connectivity index (χ1n) is 6.41. The summed E-state index contributed by atoms with van der Waals surface area (Å²) in [6.45, 7) is 0.0460. The van der Waals surface area contributed by atoms with Crippen LogP contribution in [0.15, 0.2) is 54.6 Å². The number of nitro groups is 1. The molecule has 0 aliphatic heterocycles. The van der Waals surface area contributed by atoms with Gasteiger partial charge in [-0.3, -0.25) is 14.9 Å². The molecule has 0 heterocycles. The summed E-state index contributed by atoms with van der Waals surface area (Å²) in [6, 6.07) is 14.4. The number of amides is 1. The summed E-state index contributed by atoms with van der Waals surface area (Å²) in [5.41, 5.74) is 1.09. The molecule has 7 nitrogen and oxygen atoms in total. The highest BCUT2D eigenvalue weighted by Crippen LogP contribution is 2.14. The number of nitro benzene ring substituents is 1. The molecule has 0 bridgehead atoms. The number of hydroxylamine groups is 2. The van der Waals surface area contributed by atoms with E-state index in [1.165, 1.54) is 19.2 Å². The smallest absolute Gasteiger partial charge is 0.264 e. The topological polar surface area (TPSA) is 81.9 Å². The average molecular weight is 302 g/mol. The fourth-order valence-corrected chi connectivity index (χ4v) is 1.73. The third-order valence-electron chi connectivity index (χ3n) is 2.85. The van der Waals surface area contributed by atoms with Gasteiger partial charge in [-0.05, 0) is 29.8 Å². The molecular formula is C15H14N2O5. The van der Waals surface area contributed by atoms with E-state index in [0.717, 1.165) is 5.23 Å². The van der Waals surface area contributed by atoms with Gasteiger partial charge >= 0.3 is 5.91 Å². The molecule has 0 aromatic heterocycles. The molecule has 0 saturated carbocycles. The van der Waals surface area contributed by atoms with Crippen LogP contribution in [-0.4, -0.2) is 23.2 Å². The third kappa shape index (κ3) is 3.87. The summed E-state index contributed by atoms with van der Waals surface area (Å²) < 4.78 is 0. The number of benzene rings is 2. The van der Waals surface area contributed by atoms with Gasteiger partial charge in [-0.25, -0.2) is 9.68 Å². The Balaban J connectivity index is 1.99. The Morgan fingerprint density at radius 2 is 1.77 bits per heavy atom. The first-order valence-corrected chi connectivity index (χ1v) is 6.41. The van der Waals surface area contributed by atoms with Crippen molar-refractivity contribution in [2.45, 2.75) is 6.61 Å². The first-order chi connectivity index (χ1) is 10.6. The predicted molar refractivity (Wildman–Crippen MR) is 77.5 cm³/mol. The fraction of sp³-hybridized carbons (Fsp3) is 0.133. The SMILES string of the molecule is CON(OCc1ccc([N+](=O)[O-])cc1)C(=O)c1ccccc1. The van der Waals surface area contributed by atoms with E-state index in [-0.39, 0.29) is 12.3 Å². The highest BCUT2D eigenvalue weighted by atomic mass is 16.9. The Labute approximate surface area is 126 Å². The lowest BCUT2D eigenvalue weighted by atomic mass is 10.2. The zero-order valence-corrected chi connectivity index (χ0v) is 11.8. The summed E-state index contributed by atoms with van der Waals surface area (Å²) in [6.07, 6.45) is 0. The molecule has 0 radical (unpaired) electrons. The van der Waals surface area contributed by atoms with Gasteiger partial charge in [0.1, 0.15) is 6.61 Å². The highest BCUT2D eigenvalue weighted by Gasteiger charge is 2.16. The maximum Gasteiger partial charge on any atom is 0.303 e. The number of carbonyl (C=O) groups is 1. The van der Waals surface area contributed by atoms with E-state index in [0.29, 0.717) is 11.1 Å². The summed E-state index contributed by atoms with van der Waals surface area (Å²) in [5.74, 6) is -0.440. The molecule has 0 atom stereocenters. The average Bonchev–Trinajstić information content (AvgIpc) is 2.56. The molecular weight excluding hydrogens is 288 g/mol. The predicted octanol–water partition coefficient (Wildman–Crippen LogP) is 2.73. The molecule has 7 heteroatoms. The molecule has 2 rings (SSSR count). The second kappa shape index (κ2) is 7.30. The second-order valence-corrected chi connectivity index (χ2v) is 4.31. The van der Waals surface area contributed by atoms with Crippen molar-refractivity contribution in [3.05, 3.63) is 75.8 Å². The summed E-state index contributed by atoms with van der Waals surface area (Å²) in [7, 11) is 1.32. The van der Waals surface area contributed by atoms with E-state index in [1.807, 2.05) is 0 Å². The van der Waals surface area contributed by atoms with Gasteiger partial charge in [0.2, 0.25) is 0 Å². The summed E-state index contributed by atoms with van der Waals surface area (Å²) in [4.78, 5) is 32.4. The molecule has 2 aromatic carbocycles. The Bertz CT molecular complexity index is 643. The highest BCUT2D eigenvalue weighted by molar-refractivity contribution is 5.92. The first kappa shape index (κ1) is 15.6. The maximum absolute atomic E-state index is 12.1. The van der Waals surface area contributed by atoms with Crippen LogP contribution in [0.2, 0.25) is 0 Å². The zero-order valence-electron chi connectivity index (χ0n) is 11.8. The van der Waals surface area contributed by atoms with Crippen molar-refractivity contribution >= 4 is 11.6 Å². The van der Waals surface area contributed by atoms with E-state index in [1.54, 1.807) is 42.5 Å². The lowest BCUT2D eigenvalue weighted by Gasteiger charge is -2.18. The molecule has 1 amide bonds. The van der Waals surface area contributed by atoms with Crippen LogP contribution in [0.4, 0.5) is 5.69 Å². The molecule has 0 unspecified atom stereocenters. The number of carbonyl (C=O) groups excluding carboxylic acids is 1. The van der Waals surface area contributed by atoms with Gasteiger partial charge in [0, 0.05) is 17.7 Å². The van der Waals surface area contributed by atoms with E-state index >= 15 is 0 Å². The Kier molecular flexibility index (Phi) is 5.18. The fourth-order valence-electron chi connectivity index (χ4n) is 1.73. The van der Waals surface area contributed by atoms with Crippen molar-refractivity contribution in [2.24, 2.45) is 0 Å². The van der Waals surface area contributed by atoms with Gasteiger partial charge in [0.05, 0.1) is 12.0 Å². The van der Waals surface area contributed by atoms with Gasteiger partial charge in [0.15, 0.2) is 0 Å². The van der Waals surface area contributed by atoms with Gasteiger partial charge in [0.25, 0.3) is 5.69 Å². The van der Waals surface area contributed by atoms with Crippen LogP contribution >= 0.6 is 0 Å². The minimum atomic E-state index is -0.481. The number of rotatable bonds is 6. The summed E-state index contributed by atoms with van der Waals surface area (Å²) in [5, 5.41) is 11.3. The lowest BCUT2D eigenvalue weighted by Crippen LogP contribution is -2.30.